The maximum atomic E-state index is 12.5. The molecule has 3 aromatic rings. The number of thiophene rings is 1. The van der Waals surface area contributed by atoms with E-state index in [1.54, 1.807) is 23.7 Å². The topological polar surface area (TPSA) is 74.2 Å². The normalized spacial score (nSPS) is 16.0. The lowest BCUT2D eigenvalue weighted by molar-refractivity contribution is 0.0928. The smallest absolute Gasteiger partial charge is 0.271 e. The van der Waals surface area contributed by atoms with Crippen molar-refractivity contribution in [2.75, 3.05) is 19.6 Å². The highest BCUT2D eigenvalue weighted by Gasteiger charge is 2.26. The van der Waals surface area contributed by atoms with Gasteiger partial charge >= 0.3 is 0 Å². The number of nitrogens with one attached hydrogen (secondary N) is 2. The number of carbonyl (C=O) groups excluding carboxylic acids is 1. The quantitative estimate of drug-likeness (QED) is 0.695. The number of hydrogen-bond acceptors (Lipinski definition) is 5. The number of aromatic amines is 1. The largest absolute Gasteiger partial charge is 0.468 e. The Labute approximate surface area is 156 Å². The van der Waals surface area contributed by atoms with Crippen LogP contribution in [0.25, 0.3) is 10.6 Å². The molecule has 1 aliphatic rings. The van der Waals surface area contributed by atoms with Crippen molar-refractivity contribution >= 4 is 17.2 Å². The first-order valence-electron chi connectivity index (χ1n) is 8.88. The van der Waals surface area contributed by atoms with Gasteiger partial charge in [-0.1, -0.05) is 0 Å². The van der Waals surface area contributed by atoms with E-state index in [-0.39, 0.29) is 11.9 Å². The van der Waals surface area contributed by atoms with Crippen LogP contribution >= 0.6 is 11.3 Å². The van der Waals surface area contributed by atoms with Crippen LogP contribution < -0.4 is 5.32 Å². The maximum absolute atomic E-state index is 12.5. The van der Waals surface area contributed by atoms with Crippen LogP contribution in [0.4, 0.5) is 0 Å². The summed E-state index contributed by atoms with van der Waals surface area (Å²) in [6.07, 6.45) is 4.06. The van der Waals surface area contributed by atoms with Crippen molar-refractivity contribution in [2.24, 2.45) is 0 Å². The molecule has 1 atom stereocenters. The molecule has 0 radical (unpaired) electrons. The number of rotatable bonds is 6. The van der Waals surface area contributed by atoms with Crippen LogP contribution in [0.3, 0.4) is 0 Å². The van der Waals surface area contributed by atoms with Gasteiger partial charge < -0.3 is 9.73 Å². The molecule has 4 rings (SSSR count). The molecule has 0 unspecified atom stereocenters. The standard InChI is InChI=1S/C19H22N4O2S/c1-13-6-7-18(26-13)14-11-15(22-21-14)19(24)20-12-16(17-5-4-10-25-17)23-8-2-3-9-23/h4-7,10-11,16H,2-3,8-9,12H2,1H3,(H,20,24)(H,21,22)/t16-/m1/s1. The molecule has 0 bridgehead atoms. The van der Waals surface area contributed by atoms with E-state index < -0.39 is 0 Å². The number of furan rings is 1. The van der Waals surface area contributed by atoms with E-state index in [0.29, 0.717) is 12.2 Å². The number of hydrogen-bond donors (Lipinski definition) is 2. The predicted molar refractivity (Wildman–Crippen MR) is 101 cm³/mol. The van der Waals surface area contributed by atoms with Crippen molar-refractivity contribution in [1.29, 1.82) is 0 Å². The van der Waals surface area contributed by atoms with E-state index in [4.69, 9.17) is 4.42 Å². The Kier molecular flexibility index (Phi) is 4.90. The second-order valence-electron chi connectivity index (χ2n) is 6.56. The number of aromatic nitrogens is 2. The molecule has 1 fully saturated rings. The minimum Gasteiger partial charge on any atom is -0.468 e. The van der Waals surface area contributed by atoms with Gasteiger partial charge in [0.25, 0.3) is 5.91 Å². The fraction of sp³-hybridized carbons (Fsp3) is 0.368. The van der Waals surface area contributed by atoms with Crippen molar-refractivity contribution in [3.05, 3.63) is 52.9 Å². The summed E-state index contributed by atoms with van der Waals surface area (Å²) in [4.78, 5) is 17.2. The molecule has 136 valence electrons. The molecule has 0 aromatic carbocycles. The first-order valence-corrected chi connectivity index (χ1v) is 9.70. The average Bonchev–Trinajstić information content (AvgIpc) is 3.42. The van der Waals surface area contributed by atoms with Gasteiger partial charge in [-0.25, -0.2) is 0 Å². The fourth-order valence-electron chi connectivity index (χ4n) is 3.37. The van der Waals surface area contributed by atoms with Gasteiger partial charge in [0.2, 0.25) is 0 Å². The van der Waals surface area contributed by atoms with Crippen LogP contribution in [-0.4, -0.2) is 40.6 Å². The highest BCUT2D eigenvalue weighted by atomic mass is 32.1. The molecule has 3 aromatic heterocycles. The van der Waals surface area contributed by atoms with E-state index in [9.17, 15) is 4.79 Å². The van der Waals surface area contributed by atoms with Crippen molar-refractivity contribution in [1.82, 2.24) is 20.4 Å². The van der Waals surface area contributed by atoms with Crippen LogP contribution in [0, 0.1) is 6.92 Å². The summed E-state index contributed by atoms with van der Waals surface area (Å²) < 4.78 is 5.60. The van der Waals surface area contributed by atoms with E-state index in [2.05, 4.69) is 33.4 Å². The molecule has 1 saturated heterocycles. The van der Waals surface area contributed by atoms with Gasteiger partial charge in [0.1, 0.15) is 5.76 Å². The van der Waals surface area contributed by atoms with Crippen molar-refractivity contribution in [3.63, 3.8) is 0 Å². The zero-order valence-corrected chi connectivity index (χ0v) is 15.5. The zero-order valence-electron chi connectivity index (χ0n) is 14.7. The van der Waals surface area contributed by atoms with Crippen molar-refractivity contribution in [2.45, 2.75) is 25.8 Å². The SMILES string of the molecule is Cc1ccc(-c2cc(C(=O)NC[C@H](c3ccco3)N3CCCC3)n[nH]2)s1. The molecule has 2 N–H and O–H groups in total. The third-order valence-electron chi connectivity index (χ3n) is 4.73. The van der Waals surface area contributed by atoms with Crippen LogP contribution in [0.5, 0.6) is 0 Å². The highest BCUT2D eigenvalue weighted by Crippen LogP contribution is 2.27. The van der Waals surface area contributed by atoms with Crippen molar-refractivity contribution < 1.29 is 9.21 Å². The number of H-pyrrole nitrogens is 1. The number of amides is 1. The third-order valence-corrected chi connectivity index (χ3v) is 5.76. The minimum atomic E-state index is -0.170. The van der Waals surface area contributed by atoms with E-state index in [1.807, 2.05) is 18.2 Å². The van der Waals surface area contributed by atoms with Gasteiger partial charge in [0.05, 0.1) is 22.9 Å². The van der Waals surface area contributed by atoms with Gasteiger partial charge in [-0.05, 0) is 63.2 Å². The molecule has 7 heteroatoms. The molecule has 26 heavy (non-hydrogen) atoms. The van der Waals surface area contributed by atoms with Crippen LogP contribution in [0.1, 0.15) is 40.0 Å². The Balaban J connectivity index is 1.43. The van der Waals surface area contributed by atoms with Gasteiger partial charge in [0.15, 0.2) is 5.69 Å². The summed E-state index contributed by atoms with van der Waals surface area (Å²) in [5.41, 5.74) is 1.28. The second kappa shape index (κ2) is 7.47. The molecule has 6 nitrogen and oxygen atoms in total. The van der Waals surface area contributed by atoms with Gasteiger partial charge in [0, 0.05) is 11.4 Å². The summed E-state index contributed by atoms with van der Waals surface area (Å²) in [7, 11) is 0. The number of carbonyl (C=O) groups is 1. The van der Waals surface area contributed by atoms with Crippen LogP contribution in [-0.2, 0) is 0 Å². The maximum Gasteiger partial charge on any atom is 0.271 e. The molecule has 4 heterocycles. The first-order chi connectivity index (χ1) is 12.7. The lowest BCUT2D eigenvalue weighted by atomic mass is 10.2. The van der Waals surface area contributed by atoms with E-state index >= 15 is 0 Å². The fourth-order valence-corrected chi connectivity index (χ4v) is 4.20. The van der Waals surface area contributed by atoms with Gasteiger partial charge in [-0.15, -0.1) is 11.3 Å². The molecule has 0 aliphatic carbocycles. The summed E-state index contributed by atoms with van der Waals surface area (Å²) in [5, 5.41) is 10.1. The molecular weight excluding hydrogens is 348 g/mol. The Hall–Kier alpha value is -2.38. The molecule has 1 amide bonds. The summed E-state index contributed by atoms with van der Waals surface area (Å²) in [5.74, 6) is 0.723. The Bertz CT molecular complexity index is 862. The summed E-state index contributed by atoms with van der Waals surface area (Å²) in [6.45, 7) is 4.63. The highest BCUT2D eigenvalue weighted by molar-refractivity contribution is 7.15. The van der Waals surface area contributed by atoms with Crippen molar-refractivity contribution in [3.8, 4) is 10.6 Å². The van der Waals surface area contributed by atoms with E-state index in [0.717, 1.165) is 29.4 Å². The summed E-state index contributed by atoms with van der Waals surface area (Å²) >= 11 is 1.68. The van der Waals surface area contributed by atoms with E-state index in [1.165, 1.54) is 17.7 Å². The number of nitrogens with zero attached hydrogens (tertiary/aromatic N) is 2. The molecular formula is C19H22N4O2S. The Morgan fingerprint density at radius 1 is 1.38 bits per heavy atom. The lowest BCUT2D eigenvalue weighted by Gasteiger charge is -2.25. The predicted octanol–water partition coefficient (Wildman–Crippen LogP) is 3.61. The summed E-state index contributed by atoms with van der Waals surface area (Å²) in [6, 6.07) is 9.83. The molecule has 0 spiro atoms. The number of aryl methyl sites for hydroxylation is 1. The zero-order chi connectivity index (χ0) is 17.9. The second-order valence-corrected chi connectivity index (χ2v) is 7.85. The Morgan fingerprint density at radius 3 is 2.92 bits per heavy atom. The van der Waals surface area contributed by atoms with Gasteiger partial charge in [-0.2, -0.15) is 5.10 Å². The molecule has 0 saturated carbocycles. The first kappa shape index (κ1) is 17.1. The lowest BCUT2D eigenvalue weighted by Crippen LogP contribution is -2.36. The molecule has 1 aliphatic heterocycles. The average molecular weight is 370 g/mol. The Morgan fingerprint density at radius 2 is 2.23 bits per heavy atom. The van der Waals surface area contributed by atoms with Gasteiger partial charge in [-0.3, -0.25) is 14.8 Å². The number of likely N-dealkylation sites (tertiary alicyclic amines) is 1. The minimum absolute atomic E-state index is 0.0646. The third kappa shape index (κ3) is 3.59. The van der Waals surface area contributed by atoms with Crippen LogP contribution in [0.15, 0.2) is 41.0 Å². The monoisotopic (exact) mass is 370 g/mol. The van der Waals surface area contributed by atoms with Crippen LogP contribution in [0.2, 0.25) is 0 Å².